The molecule has 1 aliphatic rings. The highest BCUT2D eigenvalue weighted by molar-refractivity contribution is 6.04. The van der Waals surface area contributed by atoms with Crippen molar-refractivity contribution in [2.24, 2.45) is 0 Å². The summed E-state index contributed by atoms with van der Waals surface area (Å²) in [5, 5.41) is 8.40. The van der Waals surface area contributed by atoms with E-state index < -0.39 is 0 Å². The molecule has 1 fully saturated rings. The van der Waals surface area contributed by atoms with Gasteiger partial charge in [0.25, 0.3) is 5.91 Å². The summed E-state index contributed by atoms with van der Waals surface area (Å²) in [4.78, 5) is 28.4. The Hall–Kier alpha value is -3.87. The van der Waals surface area contributed by atoms with Crippen LogP contribution in [0.25, 0.3) is 0 Å². The Morgan fingerprint density at radius 2 is 1.63 bits per heavy atom. The van der Waals surface area contributed by atoms with Gasteiger partial charge in [-0.1, -0.05) is 30.3 Å². The number of anilines is 2. The molecule has 3 amide bonds. The topological polar surface area (TPSA) is 92.4 Å². The zero-order valence-electron chi connectivity index (χ0n) is 16.3. The lowest BCUT2D eigenvalue weighted by Gasteiger charge is -2.09. The second-order valence-corrected chi connectivity index (χ2v) is 7.06. The van der Waals surface area contributed by atoms with Crippen LogP contribution in [0.3, 0.4) is 0 Å². The first-order chi connectivity index (χ1) is 14.7. The van der Waals surface area contributed by atoms with E-state index in [0.717, 1.165) is 18.4 Å². The Morgan fingerprint density at radius 1 is 0.900 bits per heavy atom. The van der Waals surface area contributed by atoms with E-state index in [4.69, 9.17) is 4.74 Å². The van der Waals surface area contributed by atoms with Gasteiger partial charge in [-0.15, -0.1) is 0 Å². The number of hydrogen-bond donors (Lipinski definition) is 3. The van der Waals surface area contributed by atoms with Gasteiger partial charge in [-0.3, -0.25) is 4.79 Å². The van der Waals surface area contributed by atoms with E-state index >= 15 is 0 Å². The fraction of sp³-hybridized carbons (Fsp3) is 0.174. The lowest BCUT2D eigenvalue weighted by atomic mass is 10.2. The Bertz CT molecular complexity index is 1000. The van der Waals surface area contributed by atoms with Crippen molar-refractivity contribution in [2.75, 3.05) is 10.6 Å². The van der Waals surface area contributed by atoms with Crippen LogP contribution in [-0.4, -0.2) is 23.0 Å². The minimum absolute atomic E-state index is 0.227. The van der Waals surface area contributed by atoms with Crippen LogP contribution < -0.4 is 20.7 Å². The molecule has 0 spiro atoms. The fourth-order valence-corrected chi connectivity index (χ4v) is 2.76. The molecular formula is C23H22N4O3. The van der Waals surface area contributed by atoms with Gasteiger partial charge in [-0.2, -0.15) is 0 Å². The van der Waals surface area contributed by atoms with Crippen LogP contribution in [0, 0.1) is 0 Å². The molecule has 3 aromatic rings. The normalized spacial score (nSPS) is 12.7. The average molecular weight is 402 g/mol. The first kappa shape index (κ1) is 19.4. The number of hydrogen-bond acceptors (Lipinski definition) is 4. The SMILES string of the molecule is O=C(Nc1ccc(C(=O)Nc2ccc(OCc3ccccc3)nc2)cc1)NC1CC1. The number of carbonyl (C=O) groups excluding carboxylic acids is 2. The number of nitrogens with one attached hydrogen (secondary N) is 3. The van der Waals surface area contributed by atoms with Crippen LogP contribution in [0.5, 0.6) is 5.88 Å². The molecule has 7 heteroatoms. The summed E-state index contributed by atoms with van der Waals surface area (Å²) < 4.78 is 5.65. The molecule has 0 aliphatic heterocycles. The van der Waals surface area contributed by atoms with E-state index in [-0.39, 0.29) is 11.9 Å². The van der Waals surface area contributed by atoms with Gasteiger partial charge in [0, 0.05) is 23.4 Å². The molecule has 3 N–H and O–H groups in total. The van der Waals surface area contributed by atoms with Crippen molar-refractivity contribution in [3.8, 4) is 5.88 Å². The van der Waals surface area contributed by atoms with E-state index in [0.29, 0.717) is 35.5 Å². The molecule has 4 rings (SSSR count). The van der Waals surface area contributed by atoms with Gasteiger partial charge in [-0.05, 0) is 48.7 Å². The molecular weight excluding hydrogens is 380 g/mol. The van der Waals surface area contributed by atoms with Crippen LogP contribution in [0.15, 0.2) is 72.9 Å². The minimum atomic E-state index is -0.260. The molecule has 0 bridgehead atoms. The zero-order valence-corrected chi connectivity index (χ0v) is 16.3. The van der Waals surface area contributed by atoms with Gasteiger partial charge in [0.05, 0.1) is 11.9 Å². The van der Waals surface area contributed by atoms with Gasteiger partial charge in [0.2, 0.25) is 5.88 Å². The zero-order chi connectivity index (χ0) is 20.8. The third kappa shape index (κ3) is 5.57. The molecule has 1 saturated carbocycles. The molecule has 152 valence electrons. The molecule has 7 nitrogen and oxygen atoms in total. The summed E-state index contributed by atoms with van der Waals surface area (Å²) in [5.74, 6) is 0.223. The van der Waals surface area contributed by atoms with Gasteiger partial charge < -0.3 is 20.7 Å². The third-order valence-electron chi connectivity index (χ3n) is 4.54. The number of pyridine rings is 1. The van der Waals surface area contributed by atoms with Crippen molar-refractivity contribution in [1.29, 1.82) is 0 Å². The molecule has 0 unspecified atom stereocenters. The van der Waals surface area contributed by atoms with Crippen LogP contribution in [0.4, 0.5) is 16.2 Å². The average Bonchev–Trinajstić information content (AvgIpc) is 3.58. The maximum Gasteiger partial charge on any atom is 0.319 e. The van der Waals surface area contributed by atoms with Crippen LogP contribution in [-0.2, 0) is 6.61 Å². The fourth-order valence-electron chi connectivity index (χ4n) is 2.76. The Kier molecular flexibility index (Phi) is 5.89. The predicted molar refractivity (Wildman–Crippen MR) is 115 cm³/mol. The van der Waals surface area contributed by atoms with E-state index in [9.17, 15) is 9.59 Å². The summed E-state index contributed by atoms with van der Waals surface area (Å²) in [7, 11) is 0. The molecule has 30 heavy (non-hydrogen) atoms. The largest absolute Gasteiger partial charge is 0.473 e. The highest BCUT2D eigenvalue weighted by Gasteiger charge is 2.23. The van der Waals surface area contributed by atoms with Crippen LogP contribution in [0.1, 0.15) is 28.8 Å². The smallest absolute Gasteiger partial charge is 0.319 e. The standard InChI is InChI=1S/C23H22N4O3/c28-22(17-6-8-18(9-7-17)26-23(29)27-19-10-11-19)25-20-12-13-21(24-14-20)30-15-16-4-2-1-3-5-16/h1-9,12-14,19H,10-11,15H2,(H,25,28)(H2,26,27,29). The summed E-state index contributed by atoms with van der Waals surface area (Å²) >= 11 is 0. The highest BCUT2D eigenvalue weighted by atomic mass is 16.5. The molecule has 0 saturated heterocycles. The maximum atomic E-state index is 12.4. The van der Waals surface area contributed by atoms with Crippen molar-refractivity contribution in [2.45, 2.75) is 25.5 Å². The number of nitrogens with zero attached hydrogens (tertiary/aromatic N) is 1. The van der Waals surface area contributed by atoms with Gasteiger partial charge in [-0.25, -0.2) is 9.78 Å². The van der Waals surface area contributed by atoms with E-state index in [1.54, 1.807) is 42.6 Å². The third-order valence-corrected chi connectivity index (χ3v) is 4.54. The van der Waals surface area contributed by atoms with E-state index in [1.165, 1.54) is 0 Å². The summed E-state index contributed by atoms with van der Waals surface area (Å²) in [6.45, 7) is 0.429. The molecule has 1 heterocycles. The van der Waals surface area contributed by atoms with Gasteiger partial charge in [0.15, 0.2) is 0 Å². The summed E-state index contributed by atoms with van der Waals surface area (Å²) in [6, 6.07) is 20.0. The summed E-state index contributed by atoms with van der Waals surface area (Å²) in [6.07, 6.45) is 3.61. The number of ether oxygens (including phenoxy) is 1. The Balaban J connectivity index is 1.28. The Morgan fingerprint density at radius 3 is 2.30 bits per heavy atom. The highest BCUT2D eigenvalue weighted by Crippen LogP contribution is 2.19. The maximum absolute atomic E-state index is 12.4. The number of amides is 3. The molecule has 0 atom stereocenters. The quantitative estimate of drug-likeness (QED) is 0.552. The summed E-state index contributed by atoms with van der Waals surface area (Å²) in [5.41, 5.74) is 2.73. The van der Waals surface area contributed by atoms with E-state index in [1.807, 2.05) is 30.3 Å². The lowest BCUT2D eigenvalue weighted by Crippen LogP contribution is -2.30. The number of aromatic nitrogens is 1. The number of rotatable bonds is 7. The molecule has 1 aliphatic carbocycles. The number of urea groups is 1. The van der Waals surface area contributed by atoms with Crippen molar-refractivity contribution >= 4 is 23.3 Å². The van der Waals surface area contributed by atoms with Crippen molar-refractivity contribution in [3.05, 3.63) is 84.1 Å². The molecule has 2 aromatic carbocycles. The van der Waals surface area contributed by atoms with E-state index in [2.05, 4.69) is 20.9 Å². The van der Waals surface area contributed by atoms with Crippen molar-refractivity contribution in [1.82, 2.24) is 10.3 Å². The van der Waals surface area contributed by atoms with Gasteiger partial charge in [0.1, 0.15) is 6.61 Å². The first-order valence-electron chi connectivity index (χ1n) is 9.77. The monoisotopic (exact) mass is 402 g/mol. The number of carbonyl (C=O) groups is 2. The Labute approximate surface area is 174 Å². The second kappa shape index (κ2) is 9.09. The van der Waals surface area contributed by atoms with Crippen molar-refractivity contribution < 1.29 is 14.3 Å². The van der Waals surface area contributed by atoms with Crippen molar-refractivity contribution in [3.63, 3.8) is 0 Å². The lowest BCUT2D eigenvalue weighted by molar-refractivity contribution is 0.102. The second-order valence-electron chi connectivity index (χ2n) is 7.06. The van der Waals surface area contributed by atoms with Gasteiger partial charge >= 0.3 is 6.03 Å². The molecule has 1 aromatic heterocycles. The van der Waals surface area contributed by atoms with Crippen LogP contribution >= 0.6 is 0 Å². The first-order valence-corrected chi connectivity index (χ1v) is 9.77. The molecule has 0 radical (unpaired) electrons. The van der Waals surface area contributed by atoms with Crippen LogP contribution in [0.2, 0.25) is 0 Å². The minimum Gasteiger partial charge on any atom is -0.473 e. The predicted octanol–water partition coefficient (Wildman–Crippen LogP) is 4.20. The number of benzene rings is 2.